The molecule has 9 heteroatoms. The Morgan fingerprint density at radius 2 is 1.80 bits per heavy atom. The minimum Gasteiger partial charge on any atom is -0.456 e. The Kier molecular flexibility index (Phi) is 4.18. The van der Waals surface area contributed by atoms with E-state index in [-0.39, 0.29) is 17.7 Å². The van der Waals surface area contributed by atoms with Crippen molar-refractivity contribution in [1.29, 1.82) is 0 Å². The summed E-state index contributed by atoms with van der Waals surface area (Å²) in [6.45, 7) is 1.36. The molecule has 1 saturated heterocycles. The maximum Gasteiger partial charge on any atom is 0.433 e. The van der Waals surface area contributed by atoms with E-state index in [0.717, 1.165) is 17.6 Å². The van der Waals surface area contributed by atoms with Gasteiger partial charge in [0.15, 0.2) is 0 Å². The topological polar surface area (TPSA) is 81.3 Å². The molecule has 1 amide bonds. The van der Waals surface area contributed by atoms with Gasteiger partial charge in [-0.15, -0.1) is 0 Å². The van der Waals surface area contributed by atoms with Gasteiger partial charge in [-0.1, -0.05) is 6.07 Å². The number of hydrogen-bond donors (Lipinski definition) is 1. The Hall–Kier alpha value is -3.20. The van der Waals surface area contributed by atoms with Gasteiger partial charge in [0.25, 0.3) is 5.91 Å². The van der Waals surface area contributed by atoms with E-state index >= 15 is 0 Å². The van der Waals surface area contributed by atoms with Crippen LogP contribution in [0.15, 0.2) is 48.7 Å². The van der Waals surface area contributed by atoms with Crippen molar-refractivity contribution in [3.63, 3.8) is 0 Å². The number of carbonyl (C=O) groups is 1. The van der Waals surface area contributed by atoms with Crippen LogP contribution in [0, 0.1) is 11.8 Å². The quantitative estimate of drug-likeness (QED) is 0.710. The molecule has 2 aromatic heterocycles. The van der Waals surface area contributed by atoms with Gasteiger partial charge < -0.3 is 15.4 Å². The molecular weight excluding hydrogens is 397 g/mol. The lowest BCUT2D eigenvalue weighted by Crippen LogP contribution is -2.34. The van der Waals surface area contributed by atoms with Gasteiger partial charge in [-0.25, -0.2) is 9.97 Å². The summed E-state index contributed by atoms with van der Waals surface area (Å²) < 4.78 is 43.4. The van der Waals surface area contributed by atoms with Crippen LogP contribution in [0.25, 0.3) is 10.9 Å². The predicted molar refractivity (Wildman–Crippen MR) is 102 cm³/mol. The van der Waals surface area contributed by atoms with E-state index in [1.165, 1.54) is 6.07 Å². The Bertz CT molecular complexity index is 1120. The van der Waals surface area contributed by atoms with Gasteiger partial charge >= 0.3 is 6.18 Å². The van der Waals surface area contributed by atoms with E-state index < -0.39 is 11.9 Å². The van der Waals surface area contributed by atoms with E-state index in [9.17, 15) is 18.0 Å². The third kappa shape index (κ3) is 3.35. The van der Waals surface area contributed by atoms with Crippen molar-refractivity contribution in [2.24, 2.45) is 17.6 Å². The first-order valence-corrected chi connectivity index (χ1v) is 9.46. The van der Waals surface area contributed by atoms with E-state index in [4.69, 9.17) is 10.5 Å². The Morgan fingerprint density at radius 3 is 2.47 bits per heavy atom. The highest BCUT2D eigenvalue weighted by Crippen LogP contribution is 2.44. The summed E-state index contributed by atoms with van der Waals surface area (Å²) in [6.07, 6.45) is -3.47. The maximum absolute atomic E-state index is 12.7. The zero-order valence-electron chi connectivity index (χ0n) is 15.6. The molecule has 1 saturated carbocycles. The lowest BCUT2D eigenvalue weighted by Gasteiger charge is -2.18. The summed E-state index contributed by atoms with van der Waals surface area (Å²) in [5.74, 6) is 1.33. The van der Waals surface area contributed by atoms with E-state index in [1.54, 1.807) is 35.2 Å². The van der Waals surface area contributed by atoms with Crippen LogP contribution in [0.1, 0.15) is 16.2 Å². The number of likely N-dealkylation sites (tertiary alicyclic amines) is 1. The van der Waals surface area contributed by atoms with Gasteiger partial charge in [0.1, 0.15) is 22.9 Å². The second-order valence-electron chi connectivity index (χ2n) is 7.65. The number of carbonyl (C=O) groups excluding carboxylic acids is 1. The highest BCUT2D eigenvalue weighted by molar-refractivity contribution is 5.95. The molecule has 1 aliphatic heterocycles. The molecule has 3 aromatic rings. The number of amides is 1. The van der Waals surface area contributed by atoms with Gasteiger partial charge in [-0.05, 0) is 48.2 Å². The normalized spacial score (nSPS) is 22.8. The number of alkyl halides is 3. The molecule has 1 unspecified atom stereocenters. The van der Waals surface area contributed by atoms with Crippen molar-refractivity contribution in [2.75, 3.05) is 13.1 Å². The van der Waals surface area contributed by atoms with Crippen LogP contribution in [-0.2, 0) is 6.18 Å². The first-order valence-electron chi connectivity index (χ1n) is 9.46. The SMILES string of the molecule is NC1[C@H]2CN(C(=O)c3ccc4cc(Oc5ccc(C(F)(F)F)nc5)ccc4n3)C[C@@H]12. The van der Waals surface area contributed by atoms with Gasteiger partial charge in [0, 0.05) is 24.5 Å². The van der Waals surface area contributed by atoms with E-state index in [0.29, 0.717) is 41.9 Å². The van der Waals surface area contributed by atoms with Crippen LogP contribution in [0.5, 0.6) is 11.5 Å². The van der Waals surface area contributed by atoms with Crippen molar-refractivity contribution >= 4 is 16.8 Å². The average molecular weight is 414 g/mol. The largest absolute Gasteiger partial charge is 0.456 e. The molecule has 3 heterocycles. The summed E-state index contributed by atoms with van der Waals surface area (Å²) >= 11 is 0. The van der Waals surface area contributed by atoms with Crippen LogP contribution in [0.2, 0.25) is 0 Å². The number of halogens is 3. The number of aromatic nitrogens is 2. The monoisotopic (exact) mass is 414 g/mol. The standard InChI is InChI=1S/C21H17F3N4O2/c22-21(23,24)18-6-3-13(8-26-18)30-12-2-5-16-11(7-12)1-4-17(27-16)20(29)28-9-14-15(10-28)19(14)25/h1-8,14-15,19H,9-10,25H2/t14-,15+,19?. The number of ether oxygens (including phenoxy) is 1. The molecule has 2 aliphatic rings. The average Bonchev–Trinajstić information content (AvgIpc) is 3.12. The second kappa shape index (κ2) is 6.66. The lowest BCUT2D eigenvalue weighted by atomic mass is 10.2. The molecule has 6 nitrogen and oxygen atoms in total. The summed E-state index contributed by atoms with van der Waals surface area (Å²) in [5.41, 5.74) is 5.94. The second-order valence-corrected chi connectivity index (χ2v) is 7.65. The van der Waals surface area contributed by atoms with Gasteiger partial charge in [0.05, 0.1) is 11.7 Å². The van der Waals surface area contributed by atoms with Gasteiger partial charge in [-0.3, -0.25) is 4.79 Å². The molecule has 2 N–H and O–H groups in total. The number of nitrogens with zero attached hydrogens (tertiary/aromatic N) is 3. The number of benzene rings is 1. The first kappa shape index (κ1) is 18.8. The molecular formula is C21H17F3N4O2. The third-order valence-electron chi connectivity index (χ3n) is 5.69. The third-order valence-corrected chi connectivity index (χ3v) is 5.69. The van der Waals surface area contributed by atoms with Crippen molar-refractivity contribution in [1.82, 2.24) is 14.9 Å². The van der Waals surface area contributed by atoms with E-state index in [2.05, 4.69) is 9.97 Å². The summed E-state index contributed by atoms with van der Waals surface area (Å²) in [5, 5.41) is 0.746. The lowest BCUT2D eigenvalue weighted by molar-refractivity contribution is -0.141. The fraction of sp³-hybridized carbons (Fsp3) is 0.286. The minimum absolute atomic E-state index is 0.104. The number of fused-ring (bicyclic) bond motifs is 2. The van der Waals surface area contributed by atoms with Gasteiger partial charge in [-0.2, -0.15) is 13.2 Å². The molecule has 2 fully saturated rings. The number of nitrogens with two attached hydrogens (primary N) is 1. The highest BCUT2D eigenvalue weighted by Gasteiger charge is 2.54. The molecule has 1 aliphatic carbocycles. The number of piperidine rings is 1. The molecule has 154 valence electrons. The molecule has 3 atom stereocenters. The van der Waals surface area contributed by atoms with Crippen LogP contribution in [0.3, 0.4) is 0 Å². The van der Waals surface area contributed by atoms with Crippen LogP contribution >= 0.6 is 0 Å². The fourth-order valence-electron chi connectivity index (χ4n) is 3.93. The molecule has 0 radical (unpaired) electrons. The highest BCUT2D eigenvalue weighted by atomic mass is 19.4. The summed E-state index contributed by atoms with van der Waals surface area (Å²) in [7, 11) is 0. The number of pyridine rings is 2. The Morgan fingerprint density at radius 1 is 1.07 bits per heavy atom. The zero-order valence-corrected chi connectivity index (χ0v) is 15.6. The molecule has 5 rings (SSSR count). The van der Waals surface area contributed by atoms with Crippen LogP contribution < -0.4 is 10.5 Å². The molecule has 30 heavy (non-hydrogen) atoms. The predicted octanol–water partition coefficient (Wildman–Crippen LogP) is 3.47. The van der Waals surface area contributed by atoms with Crippen LogP contribution in [-0.4, -0.2) is 39.9 Å². The Balaban J connectivity index is 1.31. The van der Waals surface area contributed by atoms with Crippen LogP contribution in [0.4, 0.5) is 13.2 Å². The number of hydrogen-bond acceptors (Lipinski definition) is 5. The van der Waals surface area contributed by atoms with Crippen molar-refractivity contribution in [3.8, 4) is 11.5 Å². The molecule has 1 aromatic carbocycles. The Labute approximate surface area is 169 Å². The fourth-order valence-corrected chi connectivity index (χ4v) is 3.93. The zero-order chi connectivity index (χ0) is 21.0. The van der Waals surface area contributed by atoms with Crippen molar-refractivity contribution in [2.45, 2.75) is 12.2 Å². The summed E-state index contributed by atoms with van der Waals surface area (Å²) in [4.78, 5) is 22.3. The molecule has 0 bridgehead atoms. The van der Waals surface area contributed by atoms with Gasteiger partial charge in [0.2, 0.25) is 0 Å². The minimum atomic E-state index is -4.50. The van der Waals surface area contributed by atoms with Crippen molar-refractivity contribution in [3.05, 3.63) is 60.0 Å². The summed E-state index contributed by atoms with van der Waals surface area (Å²) in [6, 6.07) is 10.8. The van der Waals surface area contributed by atoms with Crippen molar-refractivity contribution < 1.29 is 22.7 Å². The number of rotatable bonds is 3. The smallest absolute Gasteiger partial charge is 0.433 e. The molecule has 0 spiro atoms. The van der Waals surface area contributed by atoms with E-state index in [1.807, 2.05) is 0 Å². The maximum atomic E-state index is 12.7. The first-order chi connectivity index (χ1) is 14.3.